The highest BCUT2D eigenvalue weighted by molar-refractivity contribution is 5.56. The van der Waals surface area contributed by atoms with E-state index in [-0.39, 0.29) is 0 Å². The number of hydrogen-bond acceptors (Lipinski definition) is 3. The number of oxazole rings is 1. The molecule has 66 valence electrons. The molecule has 0 spiro atoms. The molecule has 0 aliphatic heterocycles. The summed E-state index contributed by atoms with van der Waals surface area (Å²) in [5.41, 5.74) is 2.19. The maximum absolute atomic E-state index is 5.07. The summed E-state index contributed by atoms with van der Waals surface area (Å²) in [4.78, 5) is 3.97. The Morgan fingerprint density at radius 3 is 2.85 bits per heavy atom. The van der Waals surface area contributed by atoms with E-state index in [0.29, 0.717) is 6.01 Å². The van der Waals surface area contributed by atoms with Crippen LogP contribution in [0.5, 0.6) is 0 Å². The Hall–Kier alpha value is -1.77. The molecule has 0 fully saturated rings. The molecule has 2 aromatic rings. The number of aryl methyl sites for hydroxylation is 1. The maximum Gasteiger partial charge on any atom is 0.299 e. The molecule has 0 aliphatic rings. The predicted molar refractivity (Wildman–Crippen MR) is 51.0 cm³/mol. The standard InChI is InChI=1S/C10H10N2O/c1-8-4-2-3-5-9(8)12-10-11-6-7-13-10/h2-7H,1H3,(H,11,12). The average Bonchev–Trinajstić information content (AvgIpc) is 2.61. The minimum atomic E-state index is 0.523. The van der Waals surface area contributed by atoms with Gasteiger partial charge in [-0.3, -0.25) is 0 Å². The van der Waals surface area contributed by atoms with Crippen molar-refractivity contribution in [3.63, 3.8) is 0 Å². The van der Waals surface area contributed by atoms with Gasteiger partial charge >= 0.3 is 0 Å². The van der Waals surface area contributed by atoms with Crippen LogP contribution in [0.3, 0.4) is 0 Å². The lowest BCUT2D eigenvalue weighted by molar-refractivity contribution is 0.578. The van der Waals surface area contributed by atoms with Crippen LogP contribution in [0.15, 0.2) is 41.1 Å². The summed E-state index contributed by atoms with van der Waals surface area (Å²) in [6, 6.07) is 8.51. The SMILES string of the molecule is Cc1ccccc1Nc1ncco1. The lowest BCUT2D eigenvalue weighted by atomic mass is 10.2. The van der Waals surface area contributed by atoms with E-state index in [0.717, 1.165) is 5.69 Å². The average molecular weight is 174 g/mol. The molecule has 1 N–H and O–H groups in total. The Morgan fingerprint density at radius 2 is 2.15 bits per heavy atom. The fourth-order valence-corrected chi connectivity index (χ4v) is 1.11. The van der Waals surface area contributed by atoms with Crippen molar-refractivity contribution in [2.75, 3.05) is 5.32 Å². The monoisotopic (exact) mass is 174 g/mol. The second kappa shape index (κ2) is 3.31. The molecule has 1 aromatic carbocycles. The van der Waals surface area contributed by atoms with E-state index < -0.39 is 0 Å². The zero-order chi connectivity index (χ0) is 9.10. The summed E-state index contributed by atoms with van der Waals surface area (Å²) < 4.78 is 5.07. The van der Waals surface area contributed by atoms with E-state index in [1.165, 1.54) is 5.56 Å². The van der Waals surface area contributed by atoms with Crippen LogP contribution >= 0.6 is 0 Å². The molecule has 0 bridgehead atoms. The van der Waals surface area contributed by atoms with Crippen molar-refractivity contribution in [2.24, 2.45) is 0 Å². The lowest BCUT2D eigenvalue weighted by Gasteiger charge is -2.04. The normalized spacial score (nSPS) is 9.92. The van der Waals surface area contributed by atoms with Crippen molar-refractivity contribution < 1.29 is 4.42 Å². The third kappa shape index (κ3) is 1.69. The van der Waals surface area contributed by atoms with Gasteiger partial charge < -0.3 is 9.73 Å². The van der Waals surface area contributed by atoms with Gasteiger partial charge in [0.1, 0.15) is 6.26 Å². The van der Waals surface area contributed by atoms with Crippen molar-refractivity contribution >= 4 is 11.7 Å². The molecule has 0 radical (unpaired) electrons. The Morgan fingerprint density at radius 1 is 1.31 bits per heavy atom. The summed E-state index contributed by atoms with van der Waals surface area (Å²) >= 11 is 0. The Kier molecular flexibility index (Phi) is 2.00. The van der Waals surface area contributed by atoms with Crippen LogP contribution < -0.4 is 5.32 Å². The van der Waals surface area contributed by atoms with Crippen LogP contribution in [0, 0.1) is 6.92 Å². The van der Waals surface area contributed by atoms with Crippen LogP contribution in [-0.2, 0) is 0 Å². The van der Waals surface area contributed by atoms with E-state index in [1.807, 2.05) is 31.2 Å². The van der Waals surface area contributed by atoms with Gasteiger partial charge in [0, 0.05) is 5.69 Å². The first-order valence-corrected chi connectivity index (χ1v) is 4.08. The summed E-state index contributed by atoms with van der Waals surface area (Å²) in [7, 11) is 0. The molecule has 0 unspecified atom stereocenters. The summed E-state index contributed by atoms with van der Waals surface area (Å²) in [6.45, 7) is 2.03. The van der Waals surface area contributed by atoms with E-state index in [4.69, 9.17) is 4.42 Å². The van der Waals surface area contributed by atoms with Crippen LogP contribution in [0.4, 0.5) is 11.7 Å². The quantitative estimate of drug-likeness (QED) is 0.760. The van der Waals surface area contributed by atoms with Crippen molar-refractivity contribution in [1.82, 2.24) is 4.98 Å². The number of aromatic nitrogens is 1. The van der Waals surface area contributed by atoms with Gasteiger partial charge in [0.2, 0.25) is 0 Å². The minimum Gasteiger partial charge on any atom is -0.432 e. The second-order valence-electron chi connectivity index (χ2n) is 2.78. The highest BCUT2D eigenvalue weighted by Gasteiger charge is 1.99. The molecule has 1 heterocycles. The topological polar surface area (TPSA) is 38.1 Å². The third-order valence-corrected chi connectivity index (χ3v) is 1.82. The summed E-state index contributed by atoms with van der Waals surface area (Å²) in [5.74, 6) is 0. The van der Waals surface area contributed by atoms with Gasteiger partial charge in [0.05, 0.1) is 6.20 Å². The first kappa shape index (κ1) is 7.86. The zero-order valence-corrected chi connectivity index (χ0v) is 7.32. The molecule has 0 atom stereocenters. The molecule has 1 aromatic heterocycles. The number of rotatable bonds is 2. The van der Waals surface area contributed by atoms with Crippen molar-refractivity contribution in [1.29, 1.82) is 0 Å². The largest absolute Gasteiger partial charge is 0.432 e. The molecule has 0 saturated carbocycles. The summed E-state index contributed by atoms with van der Waals surface area (Å²) in [6.07, 6.45) is 3.15. The maximum atomic E-state index is 5.07. The number of para-hydroxylation sites is 1. The molecule has 3 nitrogen and oxygen atoms in total. The van der Waals surface area contributed by atoms with Crippen LogP contribution in [0.1, 0.15) is 5.56 Å². The van der Waals surface area contributed by atoms with Gasteiger partial charge in [-0.2, -0.15) is 0 Å². The van der Waals surface area contributed by atoms with Gasteiger partial charge in [0.25, 0.3) is 6.01 Å². The molecular formula is C10H10N2O. The molecule has 2 rings (SSSR count). The predicted octanol–water partition coefficient (Wildman–Crippen LogP) is 2.73. The Labute approximate surface area is 76.4 Å². The fourth-order valence-electron chi connectivity index (χ4n) is 1.11. The number of nitrogens with zero attached hydrogens (tertiary/aromatic N) is 1. The fraction of sp³-hybridized carbons (Fsp3) is 0.100. The summed E-state index contributed by atoms with van der Waals surface area (Å²) in [5, 5.41) is 3.07. The van der Waals surface area contributed by atoms with E-state index in [9.17, 15) is 0 Å². The van der Waals surface area contributed by atoms with Gasteiger partial charge in [-0.05, 0) is 18.6 Å². The van der Waals surface area contributed by atoms with E-state index in [1.54, 1.807) is 12.5 Å². The highest BCUT2D eigenvalue weighted by Crippen LogP contribution is 2.17. The van der Waals surface area contributed by atoms with Crippen LogP contribution in [-0.4, -0.2) is 4.98 Å². The number of hydrogen-bond donors (Lipinski definition) is 1. The van der Waals surface area contributed by atoms with Gasteiger partial charge in [-0.1, -0.05) is 18.2 Å². The minimum absolute atomic E-state index is 0.523. The Balaban J connectivity index is 2.24. The number of benzene rings is 1. The molecular weight excluding hydrogens is 164 g/mol. The first-order valence-electron chi connectivity index (χ1n) is 4.08. The van der Waals surface area contributed by atoms with E-state index in [2.05, 4.69) is 10.3 Å². The van der Waals surface area contributed by atoms with Crippen molar-refractivity contribution in [3.05, 3.63) is 42.3 Å². The number of nitrogens with one attached hydrogen (secondary N) is 1. The highest BCUT2D eigenvalue weighted by atomic mass is 16.4. The lowest BCUT2D eigenvalue weighted by Crippen LogP contribution is -1.91. The molecule has 3 heteroatoms. The smallest absolute Gasteiger partial charge is 0.299 e. The van der Waals surface area contributed by atoms with Gasteiger partial charge in [0.15, 0.2) is 0 Å². The second-order valence-corrected chi connectivity index (χ2v) is 2.78. The van der Waals surface area contributed by atoms with Crippen molar-refractivity contribution in [2.45, 2.75) is 6.92 Å². The third-order valence-electron chi connectivity index (χ3n) is 1.82. The number of anilines is 2. The van der Waals surface area contributed by atoms with Crippen molar-refractivity contribution in [3.8, 4) is 0 Å². The first-order chi connectivity index (χ1) is 6.36. The zero-order valence-electron chi connectivity index (χ0n) is 7.32. The molecule has 0 aliphatic carbocycles. The van der Waals surface area contributed by atoms with Crippen LogP contribution in [0.25, 0.3) is 0 Å². The van der Waals surface area contributed by atoms with Crippen LogP contribution in [0.2, 0.25) is 0 Å². The molecule has 13 heavy (non-hydrogen) atoms. The van der Waals surface area contributed by atoms with Gasteiger partial charge in [-0.15, -0.1) is 0 Å². The van der Waals surface area contributed by atoms with Gasteiger partial charge in [-0.25, -0.2) is 4.98 Å². The van der Waals surface area contributed by atoms with E-state index >= 15 is 0 Å². The Bertz CT molecular complexity index is 382. The molecule has 0 saturated heterocycles. The molecule has 0 amide bonds.